The first-order chi connectivity index (χ1) is 8.43. The number of quaternary nitrogens is 1. The van der Waals surface area contributed by atoms with Crippen LogP contribution in [-0.4, -0.2) is 18.0 Å². The molecule has 5 heteroatoms. The summed E-state index contributed by atoms with van der Waals surface area (Å²) in [5.74, 6) is -0.0699. The first-order valence-corrected chi connectivity index (χ1v) is 6.80. The maximum Gasteiger partial charge on any atom is 0.282 e. The fourth-order valence-corrected chi connectivity index (χ4v) is 1.89. The van der Waals surface area contributed by atoms with Crippen molar-refractivity contribution < 1.29 is 10.1 Å². The minimum Gasteiger partial charge on any atom is -0.334 e. The molecular formula is C13H19Cl2N2O+. The Morgan fingerprint density at radius 1 is 1.39 bits per heavy atom. The van der Waals surface area contributed by atoms with Crippen LogP contribution in [0.1, 0.15) is 27.2 Å². The Balaban J connectivity index is 2.66. The quantitative estimate of drug-likeness (QED) is 0.860. The summed E-state index contributed by atoms with van der Waals surface area (Å²) in [5, 5.41) is 5.87. The standard InChI is InChI=1S/C13H18Cl2N2O/c1-4-8(2)16-9(3)13(18)17-12-7-10(14)5-6-11(12)15/h5-9,16H,4H2,1-3H3,(H,17,18)/p+1/t8-,9-/m0/s1. The molecule has 0 heterocycles. The van der Waals surface area contributed by atoms with E-state index in [1.807, 2.05) is 12.2 Å². The molecule has 0 saturated heterocycles. The van der Waals surface area contributed by atoms with Crippen LogP contribution in [0.3, 0.4) is 0 Å². The van der Waals surface area contributed by atoms with Crippen LogP contribution in [0, 0.1) is 0 Å². The third kappa shape index (κ3) is 4.48. The smallest absolute Gasteiger partial charge is 0.282 e. The van der Waals surface area contributed by atoms with Gasteiger partial charge in [0.05, 0.1) is 16.8 Å². The lowest BCUT2D eigenvalue weighted by Gasteiger charge is -2.15. The third-order valence-corrected chi connectivity index (χ3v) is 3.43. The van der Waals surface area contributed by atoms with Gasteiger partial charge in [0.2, 0.25) is 0 Å². The van der Waals surface area contributed by atoms with Crippen molar-refractivity contribution in [2.24, 2.45) is 0 Å². The van der Waals surface area contributed by atoms with Gasteiger partial charge in [0.1, 0.15) is 0 Å². The Morgan fingerprint density at radius 2 is 2.06 bits per heavy atom. The summed E-state index contributed by atoms with van der Waals surface area (Å²) in [7, 11) is 0. The van der Waals surface area contributed by atoms with Gasteiger partial charge < -0.3 is 10.6 Å². The van der Waals surface area contributed by atoms with Crippen LogP contribution in [0.15, 0.2) is 18.2 Å². The van der Waals surface area contributed by atoms with Crippen LogP contribution in [-0.2, 0) is 4.79 Å². The molecule has 0 aromatic heterocycles. The molecule has 3 nitrogen and oxygen atoms in total. The van der Waals surface area contributed by atoms with Gasteiger partial charge in [-0.05, 0) is 38.5 Å². The van der Waals surface area contributed by atoms with E-state index in [0.29, 0.717) is 21.8 Å². The topological polar surface area (TPSA) is 45.7 Å². The van der Waals surface area contributed by atoms with Crippen molar-refractivity contribution in [1.82, 2.24) is 0 Å². The van der Waals surface area contributed by atoms with Gasteiger partial charge in [0.15, 0.2) is 6.04 Å². The summed E-state index contributed by atoms with van der Waals surface area (Å²) in [6.45, 7) is 6.07. The zero-order valence-corrected chi connectivity index (χ0v) is 12.3. The van der Waals surface area contributed by atoms with Gasteiger partial charge >= 0.3 is 0 Å². The molecule has 2 atom stereocenters. The molecule has 0 spiro atoms. The first kappa shape index (κ1) is 15.3. The van der Waals surface area contributed by atoms with E-state index >= 15 is 0 Å². The Hall–Kier alpha value is -0.770. The average molecular weight is 290 g/mol. The third-order valence-electron chi connectivity index (χ3n) is 2.86. The fourth-order valence-electron chi connectivity index (χ4n) is 1.56. The number of carbonyl (C=O) groups excluding carboxylic acids is 1. The number of rotatable bonds is 5. The highest BCUT2D eigenvalue weighted by atomic mass is 35.5. The van der Waals surface area contributed by atoms with Crippen LogP contribution < -0.4 is 10.6 Å². The average Bonchev–Trinajstić information content (AvgIpc) is 2.33. The molecule has 100 valence electrons. The number of hydrogen-bond donors (Lipinski definition) is 2. The van der Waals surface area contributed by atoms with E-state index < -0.39 is 0 Å². The highest BCUT2D eigenvalue weighted by Gasteiger charge is 2.19. The molecule has 1 aromatic carbocycles. The lowest BCUT2D eigenvalue weighted by molar-refractivity contribution is -0.703. The molecule has 0 saturated carbocycles. The maximum atomic E-state index is 12.0. The summed E-state index contributed by atoms with van der Waals surface area (Å²) in [5.41, 5.74) is 0.554. The summed E-state index contributed by atoms with van der Waals surface area (Å²) in [6.07, 6.45) is 1.02. The Kier molecular flexibility index (Phi) is 5.93. The lowest BCUT2D eigenvalue weighted by Crippen LogP contribution is -2.95. The molecule has 0 bridgehead atoms. The number of benzene rings is 1. The van der Waals surface area contributed by atoms with Crippen molar-refractivity contribution in [1.29, 1.82) is 0 Å². The van der Waals surface area contributed by atoms with Crippen molar-refractivity contribution in [3.8, 4) is 0 Å². The second-order valence-electron chi connectivity index (χ2n) is 4.48. The Bertz CT molecular complexity index is 423. The molecule has 3 N–H and O–H groups in total. The maximum absolute atomic E-state index is 12.0. The molecule has 0 radical (unpaired) electrons. The van der Waals surface area contributed by atoms with Crippen LogP contribution in [0.5, 0.6) is 0 Å². The van der Waals surface area contributed by atoms with Gasteiger partial charge in [-0.3, -0.25) is 4.79 Å². The van der Waals surface area contributed by atoms with E-state index in [2.05, 4.69) is 19.2 Å². The Morgan fingerprint density at radius 3 is 2.67 bits per heavy atom. The molecule has 1 aromatic rings. The van der Waals surface area contributed by atoms with E-state index in [1.54, 1.807) is 18.2 Å². The molecule has 1 rings (SSSR count). The predicted octanol–water partition coefficient (Wildman–Crippen LogP) is 2.68. The monoisotopic (exact) mass is 289 g/mol. The van der Waals surface area contributed by atoms with Gasteiger partial charge in [-0.2, -0.15) is 0 Å². The molecule has 0 fully saturated rings. The van der Waals surface area contributed by atoms with Gasteiger partial charge in [-0.15, -0.1) is 0 Å². The molecule has 0 aliphatic heterocycles. The van der Waals surface area contributed by atoms with Crippen LogP contribution in [0.4, 0.5) is 5.69 Å². The minimum absolute atomic E-state index is 0.0699. The van der Waals surface area contributed by atoms with Crippen molar-refractivity contribution in [2.45, 2.75) is 39.3 Å². The highest BCUT2D eigenvalue weighted by Crippen LogP contribution is 2.25. The number of carbonyl (C=O) groups is 1. The molecule has 0 aliphatic carbocycles. The molecule has 0 aliphatic rings. The summed E-state index contributed by atoms with van der Waals surface area (Å²) in [4.78, 5) is 12.0. The zero-order valence-electron chi connectivity index (χ0n) is 10.8. The van der Waals surface area contributed by atoms with Crippen molar-refractivity contribution in [3.63, 3.8) is 0 Å². The van der Waals surface area contributed by atoms with Crippen molar-refractivity contribution in [2.75, 3.05) is 5.32 Å². The van der Waals surface area contributed by atoms with E-state index in [4.69, 9.17) is 23.2 Å². The van der Waals surface area contributed by atoms with E-state index in [0.717, 1.165) is 6.42 Å². The number of amides is 1. The SMILES string of the molecule is CC[C@H](C)[NH2+][C@@H](C)C(=O)Nc1cc(Cl)ccc1Cl. The van der Waals surface area contributed by atoms with Gasteiger partial charge in [0.25, 0.3) is 5.91 Å². The van der Waals surface area contributed by atoms with Crippen molar-refractivity contribution in [3.05, 3.63) is 28.2 Å². The van der Waals surface area contributed by atoms with Gasteiger partial charge in [-0.1, -0.05) is 30.1 Å². The second kappa shape index (κ2) is 6.98. The highest BCUT2D eigenvalue weighted by molar-refractivity contribution is 6.35. The first-order valence-electron chi connectivity index (χ1n) is 6.05. The van der Waals surface area contributed by atoms with E-state index in [-0.39, 0.29) is 11.9 Å². The normalized spacial score (nSPS) is 14.1. The second-order valence-corrected chi connectivity index (χ2v) is 5.32. The number of nitrogens with one attached hydrogen (secondary N) is 1. The largest absolute Gasteiger partial charge is 0.334 e. The lowest BCUT2D eigenvalue weighted by atomic mass is 10.2. The number of nitrogens with two attached hydrogens (primary N) is 1. The summed E-state index contributed by atoms with van der Waals surface area (Å²) < 4.78 is 0. The summed E-state index contributed by atoms with van der Waals surface area (Å²) in [6, 6.07) is 5.27. The van der Waals surface area contributed by atoms with Crippen LogP contribution in [0.25, 0.3) is 0 Å². The van der Waals surface area contributed by atoms with Crippen molar-refractivity contribution >= 4 is 34.8 Å². The zero-order chi connectivity index (χ0) is 13.7. The molecular weight excluding hydrogens is 271 g/mol. The number of halogens is 2. The van der Waals surface area contributed by atoms with E-state index in [9.17, 15) is 4.79 Å². The molecule has 1 amide bonds. The number of anilines is 1. The fraction of sp³-hybridized carbons (Fsp3) is 0.462. The van der Waals surface area contributed by atoms with Crippen LogP contribution in [0.2, 0.25) is 10.0 Å². The molecule has 18 heavy (non-hydrogen) atoms. The summed E-state index contributed by atoms with van der Waals surface area (Å²) >= 11 is 11.9. The number of hydrogen-bond acceptors (Lipinski definition) is 1. The van der Waals surface area contributed by atoms with Crippen LogP contribution >= 0.6 is 23.2 Å². The van der Waals surface area contributed by atoms with Gasteiger partial charge in [-0.25, -0.2) is 0 Å². The predicted molar refractivity (Wildman–Crippen MR) is 76.2 cm³/mol. The van der Waals surface area contributed by atoms with Gasteiger partial charge in [0, 0.05) is 5.02 Å². The van der Waals surface area contributed by atoms with E-state index in [1.165, 1.54) is 0 Å². The Labute approximate surface area is 118 Å². The molecule has 0 unspecified atom stereocenters. The minimum atomic E-state index is -0.157.